The van der Waals surface area contributed by atoms with Crippen molar-refractivity contribution in [3.05, 3.63) is 58.9 Å². The van der Waals surface area contributed by atoms with Gasteiger partial charge in [-0.1, -0.05) is 6.07 Å². The molecule has 0 aromatic heterocycles. The Bertz CT molecular complexity index is 1420. The Kier molecular flexibility index (Phi) is 6.89. The van der Waals surface area contributed by atoms with Crippen LogP contribution in [-0.4, -0.2) is 50.0 Å². The number of benzene rings is 2. The summed E-state index contributed by atoms with van der Waals surface area (Å²) in [6, 6.07) is 4.70. The third kappa shape index (κ3) is 5.48. The van der Waals surface area contributed by atoms with Crippen LogP contribution in [0.3, 0.4) is 0 Å². The van der Waals surface area contributed by atoms with Crippen molar-refractivity contribution in [2.75, 3.05) is 18.1 Å². The van der Waals surface area contributed by atoms with Gasteiger partial charge in [0.2, 0.25) is 5.91 Å². The minimum Gasteiger partial charge on any atom is -0.385 e. The molecule has 0 unspecified atom stereocenters. The Hall–Kier alpha value is -3.15. The van der Waals surface area contributed by atoms with Crippen LogP contribution in [0.25, 0.3) is 0 Å². The van der Waals surface area contributed by atoms with Gasteiger partial charge in [0, 0.05) is 30.1 Å². The van der Waals surface area contributed by atoms with E-state index >= 15 is 0 Å². The SMILES string of the molecule is CCNc1ccc(S(C)(=O)=O)cc1C(=O)N1[C@@H](C(=O)N[C@@H](c2ccc(C(F)(F)F)cc2F)C2CC2)C[C@H]2C[C@H]21. The Morgan fingerprint density at radius 3 is 2.41 bits per heavy atom. The number of amides is 2. The molecule has 1 saturated heterocycles. The molecule has 5 rings (SSSR count). The Morgan fingerprint density at radius 2 is 1.82 bits per heavy atom. The van der Waals surface area contributed by atoms with Gasteiger partial charge in [0.15, 0.2) is 9.84 Å². The van der Waals surface area contributed by atoms with Gasteiger partial charge >= 0.3 is 6.18 Å². The number of likely N-dealkylation sites (tertiary alicyclic amines) is 1. The number of carbonyl (C=O) groups is 2. The molecule has 2 aromatic rings. The number of nitrogens with one attached hydrogen (secondary N) is 2. The molecule has 2 N–H and O–H groups in total. The Morgan fingerprint density at radius 1 is 1.10 bits per heavy atom. The third-order valence-corrected chi connectivity index (χ3v) is 8.82. The van der Waals surface area contributed by atoms with Crippen LogP contribution < -0.4 is 10.6 Å². The first-order valence-corrected chi connectivity index (χ1v) is 14.8. The molecule has 0 spiro atoms. The molecule has 1 aliphatic heterocycles. The lowest BCUT2D eigenvalue weighted by Gasteiger charge is -2.30. The number of hydrogen-bond acceptors (Lipinski definition) is 5. The molecule has 2 saturated carbocycles. The smallest absolute Gasteiger partial charge is 0.385 e. The average molecular weight is 568 g/mol. The van der Waals surface area contributed by atoms with E-state index in [0.29, 0.717) is 37.6 Å². The van der Waals surface area contributed by atoms with E-state index in [-0.39, 0.29) is 33.9 Å². The van der Waals surface area contributed by atoms with Crippen LogP contribution in [-0.2, 0) is 20.8 Å². The minimum absolute atomic E-state index is 0.0184. The lowest BCUT2D eigenvalue weighted by molar-refractivity contribution is -0.137. The minimum atomic E-state index is -4.69. The molecule has 39 heavy (non-hydrogen) atoms. The predicted octanol–water partition coefficient (Wildman–Crippen LogP) is 4.55. The molecule has 3 fully saturated rings. The molecule has 4 atom stereocenters. The quantitative estimate of drug-likeness (QED) is 0.457. The summed E-state index contributed by atoms with van der Waals surface area (Å²) in [5.41, 5.74) is -0.543. The predicted molar refractivity (Wildman–Crippen MR) is 135 cm³/mol. The van der Waals surface area contributed by atoms with Gasteiger partial charge in [-0.15, -0.1) is 0 Å². The fourth-order valence-corrected chi connectivity index (χ4v) is 6.13. The fraction of sp³-hybridized carbons (Fsp3) is 0.481. The van der Waals surface area contributed by atoms with E-state index < -0.39 is 51.3 Å². The van der Waals surface area contributed by atoms with Crippen molar-refractivity contribution in [2.45, 2.75) is 61.8 Å². The second-order valence-corrected chi connectivity index (χ2v) is 12.6. The van der Waals surface area contributed by atoms with Gasteiger partial charge in [0.05, 0.1) is 22.1 Å². The maximum absolute atomic E-state index is 14.8. The summed E-state index contributed by atoms with van der Waals surface area (Å²) in [4.78, 5) is 28.8. The van der Waals surface area contributed by atoms with Crippen LogP contribution in [0.15, 0.2) is 41.3 Å². The third-order valence-electron chi connectivity index (χ3n) is 7.71. The van der Waals surface area contributed by atoms with Crippen molar-refractivity contribution in [3.8, 4) is 0 Å². The number of halogens is 4. The number of piperidine rings is 1. The van der Waals surface area contributed by atoms with Gasteiger partial charge in [-0.3, -0.25) is 9.59 Å². The summed E-state index contributed by atoms with van der Waals surface area (Å²) in [6.07, 6.45) is -1.15. The van der Waals surface area contributed by atoms with E-state index in [1.54, 1.807) is 0 Å². The van der Waals surface area contributed by atoms with E-state index in [0.717, 1.165) is 24.8 Å². The Balaban J connectivity index is 1.42. The maximum atomic E-state index is 14.8. The maximum Gasteiger partial charge on any atom is 0.416 e. The first kappa shape index (κ1) is 27.4. The molecule has 12 heteroatoms. The zero-order valence-electron chi connectivity index (χ0n) is 21.4. The molecule has 2 amide bonds. The lowest BCUT2D eigenvalue weighted by atomic mass is 9.98. The van der Waals surface area contributed by atoms with Crippen molar-refractivity contribution >= 4 is 27.3 Å². The highest BCUT2D eigenvalue weighted by molar-refractivity contribution is 7.90. The number of rotatable bonds is 8. The van der Waals surface area contributed by atoms with Crippen LogP contribution in [0.4, 0.5) is 23.2 Å². The van der Waals surface area contributed by atoms with E-state index in [1.165, 1.54) is 23.1 Å². The van der Waals surface area contributed by atoms with Gasteiger partial charge < -0.3 is 15.5 Å². The molecule has 210 valence electrons. The van der Waals surface area contributed by atoms with Crippen LogP contribution in [0.1, 0.15) is 60.1 Å². The number of anilines is 1. The standard InChI is InChI=1S/C27H29F4N3O4S/c1-3-32-21-9-7-17(39(2,37)38)13-19(21)26(36)34-22-10-15(22)11-23(34)25(35)33-24(14-4-5-14)18-8-6-16(12-20(18)28)27(29,30)31/h6-9,12-15,22-24,32H,3-5,10-11H2,1-2H3,(H,33,35)/t15-,22-,23-,24-/m1/s1. The summed E-state index contributed by atoms with van der Waals surface area (Å²) in [5, 5.41) is 5.89. The van der Waals surface area contributed by atoms with Crippen LogP contribution in [0.2, 0.25) is 0 Å². The van der Waals surface area contributed by atoms with Gasteiger partial charge in [-0.25, -0.2) is 12.8 Å². The van der Waals surface area contributed by atoms with Crippen LogP contribution in [0, 0.1) is 17.7 Å². The molecule has 7 nitrogen and oxygen atoms in total. The zero-order chi connectivity index (χ0) is 28.3. The molecule has 3 aliphatic rings. The van der Waals surface area contributed by atoms with Gasteiger partial charge in [0.25, 0.3) is 5.91 Å². The van der Waals surface area contributed by atoms with Crippen LogP contribution >= 0.6 is 0 Å². The van der Waals surface area contributed by atoms with E-state index in [4.69, 9.17) is 0 Å². The van der Waals surface area contributed by atoms with Crippen LogP contribution in [0.5, 0.6) is 0 Å². The molecule has 0 radical (unpaired) electrons. The first-order valence-electron chi connectivity index (χ1n) is 12.9. The van der Waals surface area contributed by atoms with Crippen molar-refractivity contribution in [1.29, 1.82) is 0 Å². The highest BCUT2D eigenvalue weighted by Gasteiger charge is 2.56. The van der Waals surface area contributed by atoms with E-state index in [9.17, 15) is 35.6 Å². The van der Waals surface area contributed by atoms with E-state index in [2.05, 4.69) is 10.6 Å². The first-order chi connectivity index (χ1) is 18.3. The van der Waals surface area contributed by atoms with Crippen molar-refractivity contribution in [2.24, 2.45) is 11.8 Å². The molecule has 2 aliphatic carbocycles. The molecule has 1 heterocycles. The number of alkyl halides is 3. The second kappa shape index (κ2) is 9.79. The fourth-order valence-electron chi connectivity index (χ4n) is 5.48. The summed E-state index contributed by atoms with van der Waals surface area (Å²) in [6.45, 7) is 2.32. The highest BCUT2D eigenvalue weighted by Crippen LogP contribution is 2.49. The summed E-state index contributed by atoms with van der Waals surface area (Å²) >= 11 is 0. The topological polar surface area (TPSA) is 95.6 Å². The summed E-state index contributed by atoms with van der Waals surface area (Å²) < 4.78 is 78.3. The van der Waals surface area contributed by atoms with Gasteiger partial charge in [-0.2, -0.15) is 13.2 Å². The largest absolute Gasteiger partial charge is 0.416 e. The Labute approximate surface area is 223 Å². The average Bonchev–Trinajstić information content (AvgIpc) is 3.79. The molecular formula is C27H29F4N3O4S. The second-order valence-electron chi connectivity index (χ2n) is 10.6. The number of fused-ring (bicyclic) bond motifs is 1. The highest BCUT2D eigenvalue weighted by atomic mass is 32.2. The molecule has 2 aromatic carbocycles. The summed E-state index contributed by atoms with van der Waals surface area (Å²) in [7, 11) is -3.60. The van der Waals surface area contributed by atoms with Gasteiger partial charge in [0.1, 0.15) is 11.9 Å². The van der Waals surface area contributed by atoms with E-state index in [1.807, 2.05) is 6.92 Å². The summed E-state index contributed by atoms with van der Waals surface area (Å²) in [5.74, 6) is -2.03. The van der Waals surface area contributed by atoms with Crippen molar-refractivity contribution in [3.63, 3.8) is 0 Å². The normalized spacial score (nSPS) is 23.2. The lowest BCUT2D eigenvalue weighted by Crippen LogP contribution is -2.49. The van der Waals surface area contributed by atoms with Crippen molar-refractivity contribution < 1.29 is 35.6 Å². The number of carbonyl (C=O) groups excluding carboxylic acids is 2. The monoisotopic (exact) mass is 567 g/mol. The van der Waals surface area contributed by atoms with Crippen molar-refractivity contribution in [1.82, 2.24) is 10.2 Å². The van der Waals surface area contributed by atoms with Gasteiger partial charge in [-0.05, 0) is 74.8 Å². The number of sulfone groups is 1. The molecular weight excluding hydrogens is 538 g/mol. The zero-order valence-corrected chi connectivity index (χ0v) is 22.2. The number of hydrogen-bond donors (Lipinski definition) is 2. The number of nitrogens with zero attached hydrogens (tertiary/aromatic N) is 1. The molecule has 0 bridgehead atoms.